The molecule has 106 valence electrons. The smallest absolute Gasteiger partial charge is 0.123 e. The number of rotatable bonds is 5. The van der Waals surface area contributed by atoms with Crippen molar-refractivity contribution in [3.63, 3.8) is 0 Å². The number of halogens is 2. The van der Waals surface area contributed by atoms with Gasteiger partial charge in [-0.3, -0.25) is 0 Å². The van der Waals surface area contributed by atoms with Gasteiger partial charge in [0.15, 0.2) is 0 Å². The summed E-state index contributed by atoms with van der Waals surface area (Å²) >= 11 is 6.11. The summed E-state index contributed by atoms with van der Waals surface area (Å²) in [7, 11) is 0. The van der Waals surface area contributed by atoms with Gasteiger partial charge in [0.05, 0.1) is 5.60 Å². The van der Waals surface area contributed by atoms with Crippen LogP contribution < -0.4 is 5.73 Å². The number of ether oxygens (including phenoxy) is 1. The predicted octanol–water partition coefficient (Wildman–Crippen LogP) is 3.70. The molecule has 19 heavy (non-hydrogen) atoms. The molecule has 0 radical (unpaired) electrons. The molecule has 1 aromatic carbocycles. The molecule has 1 aromatic rings. The lowest BCUT2D eigenvalue weighted by atomic mass is 9.88. The quantitative estimate of drug-likeness (QED) is 0.895. The Morgan fingerprint density at radius 3 is 2.74 bits per heavy atom. The van der Waals surface area contributed by atoms with E-state index in [0.717, 1.165) is 31.2 Å². The number of benzene rings is 1. The molecule has 0 saturated heterocycles. The first-order valence-corrected chi connectivity index (χ1v) is 7.28. The van der Waals surface area contributed by atoms with Gasteiger partial charge in [-0.1, -0.05) is 24.4 Å². The third kappa shape index (κ3) is 3.28. The van der Waals surface area contributed by atoms with Crippen LogP contribution >= 0.6 is 11.6 Å². The molecule has 2 N–H and O–H groups in total. The van der Waals surface area contributed by atoms with Crippen LogP contribution in [-0.2, 0) is 11.2 Å². The number of hydrogen-bond acceptors (Lipinski definition) is 2. The van der Waals surface area contributed by atoms with Crippen LogP contribution in [0.25, 0.3) is 0 Å². The first-order valence-electron chi connectivity index (χ1n) is 6.91. The lowest BCUT2D eigenvalue weighted by Gasteiger charge is -2.35. The summed E-state index contributed by atoms with van der Waals surface area (Å²) in [6.07, 6.45) is 4.80. The van der Waals surface area contributed by atoms with E-state index >= 15 is 0 Å². The lowest BCUT2D eigenvalue weighted by molar-refractivity contribution is -0.0525. The fourth-order valence-corrected chi connectivity index (χ4v) is 3.20. The first-order chi connectivity index (χ1) is 9.07. The summed E-state index contributed by atoms with van der Waals surface area (Å²) < 4.78 is 19.2. The Morgan fingerprint density at radius 1 is 1.42 bits per heavy atom. The standard InChI is InChI=1S/C15H21ClFNO/c1-2-19-15(7-3-4-8-15)14(18)10-11-9-12(17)5-6-13(11)16/h5-6,9,14H,2-4,7-8,10,18H2,1H3. The molecular weight excluding hydrogens is 265 g/mol. The van der Waals surface area contributed by atoms with E-state index in [4.69, 9.17) is 22.1 Å². The summed E-state index contributed by atoms with van der Waals surface area (Å²) in [4.78, 5) is 0. The van der Waals surface area contributed by atoms with Gasteiger partial charge in [0, 0.05) is 17.7 Å². The zero-order chi connectivity index (χ0) is 13.9. The zero-order valence-corrected chi connectivity index (χ0v) is 12.0. The minimum atomic E-state index is -0.275. The number of nitrogens with two attached hydrogens (primary N) is 1. The van der Waals surface area contributed by atoms with E-state index in [1.54, 1.807) is 6.07 Å². The predicted molar refractivity (Wildman–Crippen MR) is 75.9 cm³/mol. The van der Waals surface area contributed by atoms with Crippen molar-refractivity contribution in [2.45, 2.75) is 50.7 Å². The summed E-state index contributed by atoms with van der Waals surface area (Å²) in [6, 6.07) is 4.28. The third-order valence-corrected chi connectivity index (χ3v) is 4.37. The van der Waals surface area contributed by atoms with Gasteiger partial charge in [0.2, 0.25) is 0 Å². The minimum absolute atomic E-state index is 0.144. The highest BCUT2D eigenvalue weighted by molar-refractivity contribution is 6.31. The summed E-state index contributed by atoms with van der Waals surface area (Å²) in [5.74, 6) is -0.275. The van der Waals surface area contributed by atoms with Gasteiger partial charge in [-0.15, -0.1) is 0 Å². The SMILES string of the molecule is CCOC1(C(N)Cc2cc(F)ccc2Cl)CCCC1. The van der Waals surface area contributed by atoms with E-state index in [0.29, 0.717) is 18.1 Å². The van der Waals surface area contributed by atoms with Crippen molar-refractivity contribution in [3.05, 3.63) is 34.6 Å². The van der Waals surface area contributed by atoms with E-state index in [2.05, 4.69) is 0 Å². The molecule has 1 fully saturated rings. The van der Waals surface area contributed by atoms with Crippen LogP contribution in [0.3, 0.4) is 0 Å². The highest BCUT2D eigenvalue weighted by Crippen LogP contribution is 2.37. The van der Waals surface area contributed by atoms with Gasteiger partial charge < -0.3 is 10.5 Å². The van der Waals surface area contributed by atoms with Crippen molar-refractivity contribution in [1.82, 2.24) is 0 Å². The Labute approximate surface area is 119 Å². The fourth-order valence-electron chi connectivity index (χ4n) is 3.01. The van der Waals surface area contributed by atoms with Crippen LogP contribution in [0.5, 0.6) is 0 Å². The van der Waals surface area contributed by atoms with Crippen LogP contribution in [0.15, 0.2) is 18.2 Å². The minimum Gasteiger partial charge on any atom is -0.374 e. The van der Waals surface area contributed by atoms with Crippen LogP contribution in [0.1, 0.15) is 38.2 Å². The summed E-state index contributed by atoms with van der Waals surface area (Å²) in [5.41, 5.74) is 6.85. The first kappa shape index (κ1) is 14.8. The molecule has 4 heteroatoms. The molecule has 1 aliphatic carbocycles. The Kier molecular flexibility index (Phi) is 4.82. The highest BCUT2D eigenvalue weighted by Gasteiger charge is 2.40. The maximum atomic E-state index is 13.3. The van der Waals surface area contributed by atoms with Crippen LogP contribution in [0.4, 0.5) is 4.39 Å². The maximum Gasteiger partial charge on any atom is 0.123 e. The fraction of sp³-hybridized carbons (Fsp3) is 0.600. The Balaban J connectivity index is 2.14. The van der Waals surface area contributed by atoms with E-state index < -0.39 is 0 Å². The largest absolute Gasteiger partial charge is 0.374 e. The molecule has 1 unspecified atom stereocenters. The van der Waals surface area contributed by atoms with Crippen molar-refractivity contribution in [3.8, 4) is 0 Å². The van der Waals surface area contributed by atoms with Gasteiger partial charge in [0.25, 0.3) is 0 Å². The molecule has 2 nitrogen and oxygen atoms in total. The molecule has 2 rings (SSSR count). The normalized spacial score (nSPS) is 19.6. The zero-order valence-electron chi connectivity index (χ0n) is 11.3. The molecular formula is C15H21ClFNO. The second kappa shape index (κ2) is 6.21. The van der Waals surface area contributed by atoms with Crippen molar-refractivity contribution >= 4 is 11.6 Å². The number of hydrogen-bond donors (Lipinski definition) is 1. The lowest BCUT2D eigenvalue weighted by Crippen LogP contribution is -2.49. The topological polar surface area (TPSA) is 35.2 Å². The molecule has 0 bridgehead atoms. The molecule has 1 aliphatic rings. The second-order valence-electron chi connectivity index (χ2n) is 5.25. The van der Waals surface area contributed by atoms with E-state index in [1.807, 2.05) is 6.92 Å². The molecule has 1 atom stereocenters. The third-order valence-electron chi connectivity index (χ3n) is 4.01. The Morgan fingerprint density at radius 2 is 2.11 bits per heavy atom. The van der Waals surface area contributed by atoms with Crippen molar-refractivity contribution in [2.75, 3.05) is 6.61 Å². The molecule has 1 saturated carbocycles. The van der Waals surface area contributed by atoms with E-state index in [9.17, 15) is 4.39 Å². The second-order valence-corrected chi connectivity index (χ2v) is 5.66. The van der Waals surface area contributed by atoms with Crippen molar-refractivity contribution in [1.29, 1.82) is 0 Å². The monoisotopic (exact) mass is 285 g/mol. The summed E-state index contributed by atoms with van der Waals surface area (Å²) in [6.45, 7) is 2.65. The van der Waals surface area contributed by atoms with Crippen molar-refractivity contribution < 1.29 is 9.13 Å². The van der Waals surface area contributed by atoms with Crippen molar-refractivity contribution in [2.24, 2.45) is 5.73 Å². The van der Waals surface area contributed by atoms with Gasteiger partial charge in [-0.2, -0.15) is 0 Å². The molecule has 0 heterocycles. The Hall–Kier alpha value is -0.640. The van der Waals surface area contributed by atoms with Gasteiger partial charge >= 0.3 is 0 Å². The van der Waals surface area contributed by atoms with E-state index in [-0.39, 0.29) is 17.5 Å². The molecule has 0 aromatic heterocycles. The van der Waals surface area contributed by atoms with Crippen LogP contribution in [0, 0.1) is 5.82 Å². The summed E-state index contributed by atoms with van der Waals surface area (Å²) in [5, 5.41) is 0.571. The van der Waals surface area contributed by atoms with Gasteiger partial charge in [-0.05, 0) is 49.9 Å². The van der Waals surface area contributed by atoms with Crippen LogP contribution in [0.2, 0.25) is 5.02 Å². The maximum absolute atomic E-state index is 13.3. The molecule has 0 aliphatic heterocycles. The Bertz CT molecular complexity index is 432. The van der Waals surface area contributed by atoms with E-state index in [1.165, 1.54) is 12.1 Å². The average molecular weight is 286 g/mol. The highest BCUT2D eigenvalue weighted by atomic mass is 35.5. The average Bonchev–Trinajstić information content (AvgIpc) is 2.84. The van der Waals surface area contributed by atoms with Crippen LogP contribution in [-0.4, -0.2) is 18.2 Å². The molecule has 0 amide bonds. The molecule has 0 spiro atoms. The van der Waals surface area contributed by atoms with Gasteiger partial charge in [-0.25, -0.2) is 4.39 Å². The van der Waals surface area contributed by atoms with Gasteiger partial charge in [0.1, 0.15) is 5.82 Å².